The molecule has 0 radical (unpaired) electrons. The third-order valence-corrected chi connectivity index (χ3v) is 5.71. The summed E-state index contributed by atoms with van der Waals surface area (Å²) in [7, 11) is 0. The average Bonchev–Trinajstić information content (AvgIpc) is 2.60. The number of aliphatic hydroxyl groups excluding tert-OH is 1. The molecule has 0 saturated carbocycles. The zero-order valence-electron chi connectivity index (χ0n) is 15.2. The molecule has 0 saturated heterocycles. The van der Waals surface area contributed by atoms with Gasteiger partial charge in [0.15, 0.2) is 6.29 Å². The van der Waals surface area contributed by atoms with Crippen LogP contribution in [-0.4, -0.2) is 22.8 Å². The minimum atomic E-state index is -0.735. The van der Waals surface area contributed by atoms with Crippen LogP contribution < -0.4 is 0 Å². The van der Waals surface area contributed by atoms with Crippen molar-refractivity contribution in [1.82, 2.24) is 0 Å². The Labute approximate surface area is 154 Å². The van der Waals surface area contributed by atoms with E-state index < -0.39 is 6.29 Å². The van der Waals surface area contributed by atoms with Crippen molar-refractivity contribution in [2.24, 2.45) is 0 Å². The van der Waals surface area contributed by atoms with Crippen molar-refractivity contribution in [3.63, 3.8) is 0 Å². The van der Waals surface area contributed by atoms with Crippen LogP contribution in [0, 0.1) is 0 Å². The van der Waals surface area contributed by atoms with E-state index in [2.05, 4.69) is 61.5 Å². The number of ether oxygens (including phenoxy) is 1. The van der Waals surface area contributed by atoms with Gasteiger partial charge in [0.2, 0.25) is 0 Å². The fourth-order valence-corrected chi connectivity index (χ4v) is 3.91. The number of fused-ring (bicyclic) bond motifs is 2. The summed E-state index contributed by atoms with van der Waals surface area (Å²) in [5, 5.41) is 15.3. The van der Waals surface area contributed by atoms with E-state index in [4.69, 9.17) is 4.74 Å². The van der Waals surface area contributed by atoms with Gasteiger partial charge in [-0.05, 0) is 53.4 Å². The molecular weight excluding hydrogens is 328 g/mol. The summed E-state index contributed by atoms with van der Waals surface area (Å²) in [5.74, 6) is 1.43. The van der Waals surface area contributed by atoms with Gasteiger partial charge < -0.3 is 9.84 Å². The first-order valence-corrected chi connectivity index (χ1v) is 9.98. The normalized spacial score (nSPS) is 13.4. The molecule has 0 heterocycles. The minimum absolute atomic E-state index is 0.286. The van der Waals surface area contributed by atoms with Crippen LogP contribution in [-0.2, 0) is 10.5 Å². The molecule has 3 aromatic rings. The molecule has 0 aliphatic heterocycles. The van der Waals surface area contributed by atoms with Gasteiger partial charge >= 0.3 is 0 Å². The van der Waals surface area contributed by atoms with Crippen molar-refractivity contribution in [2.75, 3.05) is 5.75 Å². The van der Waals surface area contributed by atoms with Gasteiger partial charge in [0.05, 0.1) is 5.60 Å². The Morgan fingerprint density at radius 3 is 2.12 bits per heavy atom. The second kappa shape index (κ2) is 7.77. The second-order valence-corrected chi connectivity index (χ2v) is 8.03. The van der Waals surface area contributed by atoms with Crippen LogP contribution in [0.2, 0.25) is 0 Å². The van der Waals surface area contributed by atoms with Gasteiger partial charge in [-0.2, -0.15) is 11.8 Å². The summed E-state index contributed by atoms with van der Waals surface area (Å²) in [6.45, 7) is 6.10. The van der Waals surface area contributed by atoms with E-state index in [1.165, 1.54) is 27.1 Å². The first-order chi connectivity index (χ1) is 12.0. The maximum absolute atomic E-state index is 10.2. The summed E-state index contributed by atoms with van der Waals surface area (Å²) in [6, 6.07) is 19.3. The fourth-order valence-electron chi connectivity index (χ4n) is 3.01. The molecule has 2 nitrogen and oxygen atoms in total. The highest BCUT2D eigenvalue weighted by atomic mass is 32.2. The molecule has 0 spiro atoms. The Kier molecular flexibility index (Phi) is 5.67. The minimum Gasteiger partial charge on any atom is -0.367 e. The summed E-state index contributed by atoms with van der Waals surface area (Å²) in [5.41, 5.74) is 1.05. The predicted octanol–water partition coefficient (Wildman–Crippen LogP) is 5.75. The highest BCUT2D eigenvalue weighted by Crippen LogP contribution is 2.31. The van der Waals surface area contributed by atoms with Gasteiger partial charge in [-0.25, -0.2) is 0 Å². The standard InChI is InChI=1S/C22H26O2S/c1-4-22(2,3)24-21(23)15-25-14-20-18-11-7-5-9-16(18)13-17-10-6-8-12-19(17)20/h5-13,21,23H,4,14-15H2,1-3H3. The van der Waals surface area contributed by atoms with Gasteiger partial charge in [-0.1, -0.05) is 55.5 Å². The molecule has 3 heteroatoms. The van der Waals surface area contributed by atoms with Gasteiger partial charge in [0, 0.05) is 11.5 Å². The average molecular weight is 355 g/mol. The van der Waals surface area contributed by atoms with Crippen molar-refractivity contribution >= 4 is 33.3 Å². The first-order valence-electron chi connectivity index (χ1n) is 8.83. The van der Waals surface area contributed by atoms with Crippen LogP contribution in [0.25, 0.3) is 21.5 Å². The quantitative estimate of drug-likeness (QED) is 0.433. The van der Waals surface area contributed by atoms with Crippen LogP contribution in [0.4, 0.5) is 0 Å². The smallest absolute Gasteiger partial charge is 0.164 e. The maximum atomic E-state index is 10.2. The van der Waals surface area contributed by atoms with Crippen LogP contribution >= 0.6 is 11.8 Å². The van der Waals surface area contributed by atoms with Gasteiger partial charge in [0.25, 0.3) is 0 Å². The molecule has 3 aromatic carbocycles. The van der Waals surface area contributed by atoms with E-state index in [1.54, 1.807) is 11.8 Å². The van der Waals surface area contributed by atoms with Crippen molar-refractivity contribution in [1.29, 1.82) is 0 Å². The molecule has 0 aromatic heterocycles. The summed E-state index contributed by atoms with van der Waals surface area (Å²) in [4.78, 5) is 0. The van der Waals surface area contributed by atoms with Crippen LogP contribution in [0.15, 0.2) is 54.6 Å². The Morgan fingerprint density at radius 2 is 1.56 bits per heavy atom. The monoisotopic (exact) mass is 354 g/mol. The second-order valence-electron chi connectivity index (χ2n) is 7.00. The third-order valence-electron chi connectivity index (χ3n) is 4.70. The molecule has 0 aliphatic carbocycles. The van der Waals surface area contributed by atoms with Gasteiger partial charge in [-0.15, -0.1) is 0 Å². The number of benzene rings is 3. The van der Waals surface area contributed by atoms with E-state index in [0.29, 0.717) is 5.75 Å². The van der Waals surface area contributed by atoms with Gasteiger partial charge in [-0.3, -0.25) is 0 Å². The summed E-state index contributed by atoms with van der Waals surface area (Å²) >= 11 is 1.72. The van der Waals surface area contributed by atoms with E-state index in [9.17, 15) is 5.11 Å². The summed E-state index contributed by atoms with van der Waals surface area (Å²) in [6.07, 6.45) is 0.143. The number of hydrogen-bond donors (Lipinski definition) is 1. The number of rotatable bonds is 7. The lowest BCUT2D eigenvalue weighted by molar-refractivity contribution is -0.160. The van der Waals surface area contributed by atoms with Crippen LogP contribution in [0.3, 0.4) is 0 Å². The molecule has 25 heavy (non-hydrogen) atoms. The van der Waals surface area contributed by atoms with E-state index in [1.807, 2.05) is 13.8 Å². The molecule has 3 rings (SSSR count). The lowest BCUT2D eigenvalue weighted by Gasteiger charge is -2.26. The third kappa shape index (κ3) is 4.35. The van der Waals surface area contributed by atoms with Crippen molar-refractivity contribution in [3.8, 4) is 0 Å². The Balaban J connectivity index is 1.80. The predicted molar refractivity (Wildman–Crippen MR) is 109 cm³/mol. The first kappa shape index (κ1) is 18.2. The lowest BCUT2D eigenvalue weighted by atomic mass is 9.98. The van der Waals surface area contributed by atoms with Crippen LogP contribution in [0.5, 0.6) is 0 Å². The van der Waals surface area contributed by atoms with Crippen molar-refractivity contribution < 1.29 is 9.84 Å². The summed E-state index contributed by atoms with van der Waals surface area (Å²) < 4.78 is 5.73. The molecule has 0 fully saturated rings. The lowest BCUT2D eigenvalue weighted by Crippen LogP contribution is -2.31. The molecule has 0 aliphatic rings. The SMILES string of the molecule is CCC(C)(C)OC(O)CSCc1c2ccccc2cc2ccccc12. The largest absolute Gasteiger partial charge is 0.367 e. The Bertz CT molecular complexity index is 803. The van der Waals surface area contributed by atoms with Crippen molar-refractivity contribution in [2.45, 2.75) is 44.8 Å². The van der Waals surface area contributed by atoms with Crippen LogP contribution in [0.1, 0.15) is 32.8 Å². The molecule has 132 valence electrons. The molecule has 1 N–H and O–H groups in total. The number of aliphatic hydroxyl groups is 1. The highest BCUT2D eigenvalue weighted by molar-refractivity contribution is 7.98. The van der Waals surface area contributed by atoms with Crippen molar-refractivity contribution in [3.05, 3.63) is 60.2 Å². The molecular formula is C22H26O2S. The molecule has 0 bridgehead atoms. The topological polar surface area (TPSA) is 29.5 Å². The highest BCUT2D eigenvalue weighted by Gasteiger charge is 2.20. The Hall–Kier alpha value is -1.55. The zero-order valence-corrected chi connectivity index (χ0v) is 16.0. The zero-order chi connectivity index (χ0) is 17.9. The van der Waals surface area contributed by atoms with E-state index in [0.717, 1.165) is 12.2 Å². The Morgan fingerprint density at radius 1 is 1.00 bits per heavy atom. The number of hydrogen-bond acceptors (Lipinski definition) is 3. The maximum Gasteiger partial charge on any atom is 0.164 e. The molecule has 0 amide bonds. The fraction of sp³-hybridized carbons (Fsp3) is 0.364. The van der Waals surface area contributed by atoms with E-state index >= 15 is 0 Å². The molecule has 1 atom stereocenters. The molecule has 1 unspecified atom stereocenters. The number of thioether (sulfide) groups is 1. The van der Waals surface area contributed by atoms with Gasteiger partial charge in [0.1, 0.15) is 0 Å². The van der Waals surface area contributed by atoms with E-state index in [-0.39, 0.29) is 5.60 Å².